The molecule has 0 aromatic heterocycles. The lowest BCUT2D eigenvalue weighted by Crippen LogP contribution is -2.35. The van der Waals surface area contributed by atoms with E-state index < -0.39 is 0 Å². The number of hydrogen-bond donors (Lipinski definition) is 1. The highest BCUT2D eigenvalue weighted by molar-refractivity contribution is 5.43. The van der Waals surface area contributed by atoms with E-state index in [2.05, 4.69) is 13.0 Å². The topological polar surface area (TPSA) is 44.5 Å². The molecule has 1 aliphatic carbocycles. The van der Waals surface area contributed by atoms with Crippen molar-refractivity contribution in [3.05, 3.63) is 23.8 Å². The van der Waals surface area contributed by atoms with Crippen LogP contribution in [0.3, 0.4) is 0 Å². The van der Waals surface area contributed by atoms with Crippen LogP contribution in [0.25, 0.3) is 0 Å². The third-order valence-electron chi connectivity index (χ3n) is 4.50. The minimum Gasteiger partial charge on any atom is -0.493 e. The van der Waals surface area contributed by atoms with Crippen molar-refractivity contribution in [1.29, 1.82) is 0 Å². The van der Waals surface area contributed by atoms with Gasteiger partial charge in [-0.15, -0.1) is 0 Å². The molecule has 0 radical (unpaired) electrons. The first-order chi connectivity index (χ1) is 9.63. The smallest absolute Gasteiger partial charge is 0.160 e. The average molecular weight is 277 g/mol. The predicted molar refractivity (Wildman–Crippen MR) is 82.3 cm³/mol. The second-order valence-electron chi connectivity index (χ2n) is 6.09. The van der Waals surface area contributed by atoms with Gasteiger partial charge in [0.2, 0.25) is 0 Å². The Labute approximate surface area is 122 Å². The molecule has 3 unspecified atom stereocenters. The molecule has 0 bridgehead atoms. The lowest BCUT2D eigenvalue weighted by atomic mass is 9.77. The molecule has 0 amide bonds. The fourth-order valence-electron chi connectivity index (χ4n) is 3.32. The van der Waals surface area contributed by atoms with Crippen LogP contribution in [-0.2, 0) is 6.42 Å². The molecule has 0 spiro atoms. The minimum absolute atomic E-state index is 0.246. The Morgan fingerprint density at radius 1 is 1.20 bits per heavy atom. The molecule has 1 aromatic carbocycles. The number of hydrogen-bond acceptors (Lipinski definition) is 3. The van der Waals surface area contributed by atoms with Gasteiger partial charge < -0.3 is 15.2 Å². The van der Waals surface area contributed by atoms with E-state index in [1.165, 1.54) is 31.2 Å². The molecule has 0 aliphatic heterocycles. The lowest BCUT2D eigenvalue weighted by molar-refractivity contribution is 0.245. The quantitative estimate of drug-likeness (QED) is 0.897. The second-order valence-corrected chi connectivity index (χ2v) is 6.09. The molecule has 2 rings (SSSR count). The molecule has 1 saturated carbocycles. The van der Waals surface area contributed by atoms with E-state index in [0.717, 1.165) is 23.8 Å². The van der Waals surface area contributed by atoms with Crippen molar-refractivity contribution in [2.45, 2.75) is 45.1 Å². The van der Waals surface area contributed by atoms with Gasteiger partial charge in [0, 0.05) is 6.04 Å². The van der Waals surface area contributed by atoms with Crippen LogP contribution in [0.4, 0.5) is 0 Å². The van der Waals surface area contributed by atoms with Crippen LogP contribution >= 0.6 is 0 Å². The Kier molecular flexibility index (Phi) is 5.30. The van der Waals surface area contributed by atoms with E-state index in [1.54, 1.807) is 14.2 Å². The predicted octanol–water partition coefficient (Wildman–Crippen LogP) is 3.40. The Hall–Kier alpha value is -1.22. The summed E-state index contributed by atoms with van der Waals surface area (Å²) in [4.78, 5) is 0. The van der Waals surface area contributed by atoms with Crippen LogP contribution in [0.5, 0.6) is 11.5 Å². The fraction of sp³-hybridized carbons (Fsp3) is 0.647. The van der Waals surface area contributed by atoms with Gasteiger partial charge in [-0.25, -0.2) is 0 Å². The normalized spacial score (nSPS) is 24.2. The minimum atomic E-state index is 0.246. The number of benzene rings is 1. The molecule has 1 aromatic rings. The first kappa shape index (κ1) is 15.2. The summed E-state index contributed by atoms with van der Waals surface area (Å²) in [6, 6.07) is 6.35. The van der Waals surface area contributed by atoms with Crippen LogP contribution in [0.1, 0.15) is 38.2 Å². The molecule has 112 valence electrons. The second kappa shape index (κ2) is 6.98. The van der Waals surface area contributed by atoms with Gasteiger partial charge in [-0.1, -0.05) is 25.8 Å². The largest absolute Gasteiger partial charge is 0.493 e. The van der Waals surface area contributed by atoms with Crippen molar-refractivity contribution in [3.63, 3.8) is 0 Å². The summed E-state index contributed by atoms with van der Waals surface area (Å²) in [7, 11) is 3.33. The maximum absolute atomic E-state index is 6.43. The van der Waals surface area contributed by atoms with Gasteiger partial charge in [0.15, 0.2) is 11.5 Å². The van der Waals surface area contributed by atoms with Gasteiger partial charge in [0.1, 0.15) is 0 Å². The van der Waals surface area contributed by atoms with Crippen LogP contribution in [0, 0.1) is 11.8 Å². The molecule has 3 atom stereocenters. The summed E-state index contributed by atoms with van der Waals surface area (Å²) in [5.41, 5.74) is 7.66. The average Bonchev–Trinajstić information content (AvgIpc) is 2.47. The standard InChI is InChI=1S/C17H27NO2/c1-12-5-4-6-14(9-12)15(18)10-13-7-8-16(19-2)17(11-13)20-3/h7-8,11-12,14-15H,4-6,9-10,18H2,1-3H3. The van der Waals surface area contributed by atoms with E-state index >= 15 is 0 Å². The molecular weight excluding hydrogens is 250 g/mol. The summed E-state index contributed by atoms with van der Waals surface area (Å²) >= 11 is 0. The van der Waals surface area contributed by atoms with E-state index in [9.17, 15) is 0 Å². The zero-order valence-corrected chi connectivity index (χ0v) is 12.9. The van der Waals surface area contributed by atoms with Gasteiger partial charge in [0.05, 0.1) is 14.2 Å². The number of ether oxygens (including phenoxy) is 2. The highest BCUT2D eigenvalue weighted by atomic mass is 16.5. The van der Waals surface area contributed by atoms with E-state index in [1.807, 2.05) is 12.1 Å². The van der Waals surface area contributed by atoms with Crippen molar-refractivity contribution < 1.29 is 9.47 Å². The van der Waals surface area contributed by atoms with Gasteiger partial charge in [-0.05, 0) is 48.8 Å². The monoisotopic (exact) mass is 277 g/mol. The molecule has 1 aliphatic rings. The van der Waals surface area contributed by atoms with Crippen LogP contribution in [0.2, 0.25) is 0 Å². The summed E-state index contributed by atoms with van der Waals surface area (Å²) < 4.78 is 10.6. The molecular formula is C17H27NO2. The van der Waals surface area contributed by atoms with Crippen LogP contribution in [-0.4, -0.2) is 20.3 Å². The summed E-state index contributed by atoms with van der Waals surface area (Å²) in [6.45, 7) is 2.34. The van der Waals surface area contributed by atoms with Crippen molar-refractivity contribution in [3.8, 4) is 11.5 Å². The van der Waals surface area contributed by atoms with Crippen molar-refractivity contribution in [2.24, 2.45) is 17.6 Å². The molecule has 0 heterocycles. The molecule has 20 heavy (non-hydrogen) atoms. The van der Waals surface area contributed by atoms with Crippen molar-refractivity contribution in [1.82, 2.24) is 0 Å². The first-order valence-electron chi connectivity index (χ1n) is 7.60. The maximum Gasteiger partial charge on any atom is 0.160 e. The Bertz CT molecular complexity index is 433. The van der Waals surface area contributed by atoms with Gasteiger partial charge in [-0.3, -0.25) is 0 Å². The molecule has 0 saturated heterocycles. The van der Waals surface area contributed by atoms with Crippen LogP contribution in [0.15, 0.2) is 18.2 Å². The number of rotatable bonds is 5. The van der Waals surface area contributed by atoms with Gasteiger partial charge in [-0.2, -0.15) is 0 Å². The fourth-order valence-corrected chi connectivity index (χ4v) is 3.32. The maximum atomic E-state index is 6.43. The van der Waals surface area contributed by atoms with Gasteiger partial charge >= 0.3 is 0 Å². The summed E-state index contributed by atoms with van der Waals surface area (Å²) in [6.07, 6.45) is 6.15. The molecule has 3 nitrogen and oxygen atoms in total. The molecule has 1 fully saturated rings. The summed E-state index contributed by atoms with van der Waals surface area (Å²) in [5, 5.41) is 0. The Morgan fingerprint density at radius 2 is 1.95 bits per heavy atom. The van der Waals surface area contributed by atoms with E-state index in [-0.39, 0.29) is 6.04 Å². The highest BCUT2D eigenvalue weighted by Crippen LogP contribution is 2.32. The van der Waals surface area contributed by atoms with E-state index in [0.29, 0.717) is 5.92 Å². The lowest BCUT2D eigenvalue weighted by Gasteiger charge is -2.31. The zero-order valence-electron chi connectivity index (χ0n) is 12.9. The Morgan fingerprint density at radius 3 is 2.60 bits per heavy atom. The zero-order chi connectivity index (χ0) is 14.5. The van der Waals surface area contributed by atoms with Gasteiger partial charge in [0.25, 0.3) is 0 Å². The van der Waals surface area contributed by atoms with E-state index in [4.69, 9.17) is 15.2 Å². The van der Waals surface area contributed by atoms with Crippen molar-refractivity contribution in [2.75, 3.05) is 14.2 Å². The molecule has 3 heteroatoms. The highest BCUT2D eigenvalue weighted by Gasteiger charge is 2.24. The Balaban J connectivity index is 2.01. The number of methoxy groups -OCH3 is 2. The molecule has 2 N–H and O–H groups in total. The third-order valence-corrected chi connectivity index (χ3v) is 4.50. The third kappa shape index (κ3) is 3.66. The SMILES string of the molecule is COc1ccc(CC(N)C2CCCC(C)C2)cc1OC. The first-order valence-corrected chi connectivity index (χ1v) is 7.60. The van der Waals surface area contributed by atoms with Crippen molar-refractivity contribution >= 4 is 0 Å². The number of nitrogens with two attached hydrogens (primary N) is 1. The van der Waals surface area contributed by atoms with Crippen LogP contribution < -0.4 is 15.2 Å². The summed E-state index contributed by atoms with van der Waals surface area (Å²) in [5.74, 6) is 3.04.